The van der Waals surface area contributed by atoms with Gasteiger partial charge < -0.3 is 5.11 Å². The van der Waals surface area contributed by atoms with Crippen molar-refractivity contribution in [2.75, 3.05) is 0 Å². The first-order chi connectivity index (χ1) is 6.00. The first-order valence-corrected chi connectivity index (χ1v) is 4.11. The lowest BCUT2D eigenvalue weighted by Gasteiger charge is -2.03. The van der Waals surface area contributed by atoms with Crippen LogP contribution in [0.3, 0.4) is 0 Å². The monoisotopic (exact) mass is 222 g/mol. The number of carboxylic acid groups (broad SMARTS) is 1. The number of hydrogen-bond acceptors (Lipinski definition) is 1. The van der Waals surface area contributed by atoms with E-state index in [9.17, 15) is 9.18 Å². The zero-order valence-corrected chi connectivity index (χ0v) is 7.86. The van der Waals surface area contributed by atoms with Crippen LogP contribution in [0.15, 0.2) is 12.1 Å². The number of benzene rings is 1. The quantitative estimate of drug-likeness (QED) is 0.836. The third kappa shape index (κ3) is 2.57. The number of carboxylic acids is 1. The molecule has 0 radical (unpaired) electrons. The highest BCUT2D eigenvalue weighted by Crippen LogP contribution is 2.26. The fourth-order valence-electron chi connectivity index (χ4n) is 0.892. The molecule has 0 amide bonds. The minimum atomic E-state index is -1.06. The highest BCUT2D eigenvalue weighted by atomic mass is 35.5. The van der Waals surface area contributed by atoms with Gasteiger partial charge >= 0.3 is 5.97 Å². The summed E-state index contributed by atoms with van der Waals surface area (Å²) in [7, 11) is 0. The molecular formula is C8H5Cl2FO2. The Labute approximate surface area is 83.9 Å². The summed E-state index contributed by atoms with van der Waals surface area (Å²) in [4.78, 5) is 10.3. The molecule has 0 heterocycles. The third-order valence-corrected chi connectivity index (χ3v) is 2.11. The van der Waals surface area contributed by atoms with Crippen molar-refractivity contribution in [3.8, 4) is 0 Å². The van der Waals surface area contributed by atoms with Crippen molar-refractivity contribution >= 4 is 29.2 Å². The summed E-state index contributed by atoms with van der Waals surface area (Å²) in [6, 6.07) is 2.07. The molecule has 70 valence electrons. The van der Waals surface area contributed by atoms with Gasteiger partial charge in [0.1, 0.15) is 5.82 Å². The summed E-state index contributed by atoms with van der Waals surface area (Å²) in [5, 5.41) is 8.54. The highest BCUT2D eigenvalue weighted by Gasteiger charge is 2.11. The molecule has 0 bridgehead atoms. The van der Waals surface area contributed by atoms with Gasteiger partial charge in [0, 0.05) is 15.6 Å². The molecule has 0 atom stereocenters. The molecule has 2 nitrogen and oxygen atoms in total. The van der Waals surface area contributed by atoms with E-state index in [0.717, 1.165) is 12.1 Å². The van der Waals surface area contributed by atoms with Crippen molar-refractivity contribution in [1.82, 2.24) is 0 Å². The van der Waals surface area contributed by atoms with Gasteiger partial charge in [0.05, 0.1) is 6.42 Å². The second-order valence-electron chi connectivity index (χ2n) is 2.42. The smallest absolute Gasteiger partial charge is 0.307 e. The van der Waals surface area contributed by atoms with Crippen LogP contribution in [0.1, 0.15) is 5.56 Å². The Morgan fingerprint density at radius 3 is 2.23 bits per heavy atom. The maximum absolute atomic E-state index is 12.6. The second kappa shape index (κ2) is 3.94. The van der Waals surface area contributed by atoms with Crippen molar-refractivity contribution in [2.45, 2.75) is 6.42 Å². The minimum absolute atomic E-state index is 0.0346. The fraction of sp³-hybridized carbons (Fsp3) is 0.125. The van der Waals surface area contributed by atoms with E-state index in [0.29, 0.717) is 0 Å². The third-order valence-electron chi connectivity index (χ3n) is 1.43. The molecule has 1 aromatic carbocycles. The standard InChI is InChI=1S/C8H5Cl2FO2/c9-6-1-4(11)2-7(10)5(6)3-8(12)13/h1-2H,3H2,(H,12,13). The Morgan fingerprint density at radius 1 is 1.38 bits per heavy atom. The molecule has 1 rings (SSSR count). The first kappa shape index (κ1) is 10.3. The molecule has 13 heavy (non-hydrogen) atoms. The number of rotatable bonds is 2. The van der Waals surface area contributed by atoms with E-state index in [1.54, 1.807) is 0 Å². The zero-order valence-electron chi connectivity index (χ0n) is 6.35. The number of hydrogen-bond donors (Lipinski definition) is 1. The van der Waals surface area contributed by atoms with Crippen LogP contribution in [0.4, 0.5) is 4.39 Å². The van der Waals surface area contributed by atoms with Crippen molar-refractivity contribution in [1.29, 1.82) is 0 Å². The van der Waals surface area contributed by atoms with Crippen LogP contribution in [-0.4, -0.2) is 11.1 Å². The van der Waals surface area contributed by atoms with Crippen LogP contribution in [0.2, 0.25) is 10.0 Å². The summed E-state index contributed by atoms with van der Waals surface area (Å²) in [6.45, 7) is 0. The van der Waals surface area contributed by atoms with E-state index in [1.165, 1.54) is 0 Å². The Bertz CT molecular complexity index is 329. The molecule has 1 aromatic rings. The predicted molar refractivity (Wildman–Crippen MR) is 47.8 cm³/mol. The number of aliphatic carboxylic acids is 1. The fourth-order valence-corrected chi connectivity index (χ4v) is 1.49. The molecule has 0 aliphatic carbocycles. The minimum Gasteiger partial charge on any atom is -0.481 e. The summed E-state index contributed by atoms with van der Waals surface area (Å²) in [5.74, 6) is -1.64. The molecule has 0 aliphatic rings. The van der Waals surface area contributed by atoms with Crippen molar-refractivity contribution in [3.05, 3.63) is 33.6 Å². The van der Waals surface area contributed by atoms with Crippen LogP contribution in [-0.2, 0) is 11.2 Å². The molecular weight excluding hydrogens is 218 g/mol. The summed E-state index contributed by atoms with van der Waals surface area (Å²) in [5.41, 5.74) is 0.234. The van der Waals surface area contributed by atoms with Gasteiger partial charge in [-0.05, 0) is 12.1 Å². The van der Waals surface area contributed by atoms with Gasteiger partial charge in [-0.25, -0.2) is 4.39 Å². The lowest BCUT2D eigenvalue weighted by atomic mass is 10.1. The van der Waals surface area contributed by atoms with Gasteiger partial charge in [-0.15, -0.1) is 0 Å². The lowest BCUT2D eigenvalue weighted by Crippen LogP contribution is -2.01. The topological polar surface area (TPSA) is 37.3 Å². The Kier molecular flexibility index (Phi) is 3.12. The molecule has 5 heteroatoms. The summed E-state index contributed by atoms with van der Waals surface area (Å²) >= 11 is 11.2. The van der Waals surface area contributed by atoms with E-state index >= 15 is 0 Å². The van der Waals surface area contributed by atoms with E-state index in [1.807, 2.05) is 0 Å². The molecule has 0 unspecified atom stereocenters. The van der Waals surface area contributed by atoms with Crippen LogP contribution in [0.25, 0.3) is 0 Å². The average molecular weight is 223 g/mol. The van der Waals surface area contributed by atoms with Crippen molar-refractivity contribution in [2.24, 2.45) is 0 Å². The van der Waals surface area contributed by atoms with Crippen LogP contribution >= 0.6 is 23.2 Å². The lowest BCUT2D eigenvalue weighted by molar-refractivity contribution is -0.136. The highest BCUT2D eigenvalue weighted by molar-refractivity contribution is 6.36. The number of carbonyl (C=O) groups is 1. The van der Waals surface area contributed by atoms with Gasteiger partial charge in [-0.3, -0.25) is 4.79 Å². The Morgan fingerprint density at radius 2 is 1.85 bits per heavy atom. The van der Waals surface area contributed by atoms with E-state index < -0.39 is 11.8 Å². The molecule has 0 saturated carbocycles. The molecule has 1 N–H and O–H groups in total. The van der Waals surface area contributed by atoms with E-state index in [-0.39, 0.29) is 22.0 Å². The van der Waals surface area contributed by atoms with E-state index in [4.69, 9.17) is 28.3 Å². The predicted octanol–water partition coefficient (Wildman–Crippen LogP) is 2.76. The second-order valence-corrected chi connectivity index (χ2v) is 3.23. The van der Waals surface area contributed by atoms with E-state index in [2.05, 4.69) is 0 Å². The van der Waals surface area contributed by atoms with Crippen LogP contribution < -0.4 is 0 Å². The van der Waals surface area contributed by atoms with Crippen molar-refractivity contribution in [3.63, 3.8) is 0 Å². The number of halogens is 3. The Balaban J connectivity index is 3.13. The maximum atomic E-state index is 12.6. The largest absolute Gasteiger partial charge is 0.481 e. The average Bonchev–Trinajstić information content (AvgIpc) is 1.96. The Hall–Kier alpha value is -0.800. The maximum Gasteiger partial charge on any atom is 0.307 e. The summed E-state index contributed by atoms with van der Waals surface area (Å²) < 4.78 is 12.6. The normalized spacial score (nSPS) is 10.1. The molecule has 0 fully saturated rings. The van der Waals surface area contributed by atoms with Crippen molar-refractivity contribution < 1.29 is 14.3 Å². The first-order valence-electron chi connectivity index (χ1n) is 3.36. The van der Waals surface area contributed by atoms with Gasteiger partial charge in [-0.1, -0.05) is 23.2 Å². The van der Waals surface area contributed by atoms with Crippen LogP contribution in [0.5, 0.6) is 0 Å². The molecule has 0 spiro atoms. The SMILES string of the molecule is O=C(O)Cc1c(Cl)cc(F)cc1Cl. The molecule has 0 saturated heterocycles. The molecule has 0 aliphatic heterocycles. The van der Waals surface area contributed by atoms with Crippen LogP contribution in [0, 0.1) is 5.82 Å². The summed E-state index contributed by atoms with van der Waals surface area (Å²) in [6.07, 6.45) is -0.308. The zero-order chi connectivity index (χ0) is 10.0. The van der Waals surface area contributed by atoms with Gasteiger partial charge in [0.25, 0.3) is 0 Å². The van der Waals surface area contributed by atoms with Gasteiger partial charge in [0.15, 0.2) is 0 Å². The van der Waals surface area contributed by atoms with Gasteiger partial charge in [-0.2, -0.15) is 0 Å². The van der Waals surface area contributed by atoms with Gasteiger partial charge in [0.2, 0.25) is 0 Å². The molecule has 0 aromatic heterocycles.